The lowest BCUT2D eigenvalue weighted by Crippen LogP contribution is -2.20. The van der Waals surface area contributed by atoms with Crippen LogP contribution in [0.4, 0.5) is 4.39 Å². The van der Waals surface area contributed by atoms with E-state index in [1.807, 2.05) is 6.92 Å². The Kier molecular flexibility index (Phi) is 3.45. The van der Waals surface area contributed by atoms with Crippen LogP contribution in [0.1, 0.15) is 17.3 Å². The largest absolute Gasteiger partial charge is 0.322 e. The molecule has 1 heterocycles. The molecule has 0 aliphatic heterocycles. The summed E-state index contributed by atoms with van der Waals surface area (Å²) in [6, 6.07) is 6.05. The third kappa shape index (κ3) is 2.48. The Balaban J connectivity index is 2.20. The number of nitrogens with zero attached hydrogens (tertiary/aromatic N) is 2. The standard InChI is InChI=1S/C12H13ClFN3/c1-8-10(13)6-16-17(8)7-12(15)9-4-2-3-5-11(9)14/h2-6,12H,7,15H2,1H3. The van der Waals surface area contributed by atoms with Crippen LogP contribution in [0, 0.1) is 12.7 Å². The van der Waals surface area contributed by atoms with Crippen LogP contribution in [0.25, 0.3) is 0 Å². The van der Waals surface area contributed by atoms with Crippen LogP contribution in [0.3, 0.4) is 0 Å². The highest BCUT2D eigenvalue weighted by Crippen LogP contribution is 2.19. The van der Waals surface area contributed by atoms with Crippen molar-refractivity contribution in [3.8, 4) is 0 Å². The first-order valence-electron chi connectivity index (χ1n) is 5.27. The van der Waals surface area contributed by atoms with Crippen LogP contribution in [0.5, 0.6) is 0 Å². The van der Waals surface area contributed by atoms with Gasteiger partial charge in [-0.3, -0.25) is 4.68 Å². The smallest absolute Gasteiger partial charge is 0.128 e. The Bertz CT molecular complexity index is 524. The van der Waals surface area contributed by atoms with E-state index in [1.54, 1.807) is 29.1 Å². The summed E-state index contributed by atoms with van der Waals surface area (Å²) in [4.78, 5) is 0. The van der Waals surface area contributed by atoms with Gasteiger partial charge in [0.2, 0.25) is 0 Å². The van der Waals surface area contributed by atoms with E-state index in [4.69, 9.17) is 17.3 Å². The van der Waals surface area contributed by atoms with E-state index in [2.05, 4.69) is 5.10 Å². The van der Waals surface area contributed by atoms with Crippen molar-refractivity contribution >= 4 is 11.6 Å². The van der Waals surface area contributed by atoms with Crippen molar-refractivity contribution in [2.24, 2.45) is 5.73 Å². The minimum Gasteiger partial charge on any atom is -0.322 e. The van der Waals surface area contributed by atoms with Crippen LogP contribution >= 0.6 is 11.6 Å². The van der Waals surface area contributed by atoms with E-state index in [-0.39, 0.29) is 5.82 Å². The topological polar surface area (TPSA) is 43.8 Å². The quantitative estimate of drug-likeness (QED) is 0.914. The van der Waals surface area contributed by atoms with E-state index >= 15 is 0 Å². The maximum absolute atomic E-state index is 13.5. The Morgan fingerprint density at radius 2 is 2.18 bits per heavy atom. The number of hydrogen-bond acceptors (Lipinski definition) is 2. The van der Waals surface area contributed by atoms with Gasteiger partial charge in [-0.15, -0.1) is 0 Å². The number of hydrogen-bond donors (Lipinski definition) is 1. The second-order valence-electron chi connectivity index (χ2n) is 3.89. The maximum atomic E-state index is 13.5. The normalized spacial score (nSPS) is 12.7. The molecule has 0 saturated carbocycles. The van der Waals surface area contributed by atoms with Gasteiger partial charge in [0.15, 0.2) is 0 Å². The first-order valence-corrected chi connectivity index (χ1v) is 5.65. The molecule has 2 rings (SSSR count). The summed E-state index contributed by atoms with van der Waals surface area (Å²) in [5.41, 5.74) is 7.28. The molecule has 5 heteroatoms. The molecule has 17 heavy (non-hydrogen) atoms. The van der Waals surface area contributed by atoms with E-state index in [0.29, 0.717) is 17.1 Å². The van der Waals surface area contributed by atoms with Crippen molar-refractivity contribution in [3.63, 3.8) is 0 Å². The van der Waals surface area contributed by atoms with Gasteiger partial charge in [-0.2, -0.15) is 5.10 Å². The lowest BCUT2D eigenvalue weighted by atomic mass is 10.1. The average Bonchev–Trinajstić information content (AvgIpc) is 2.61. The highest BCUT2D eigenvalue weighted by atomic mass is 35.5. The number of halogens is 2. The molecule has 1 aromatic heterocycles. The molecule has 0 saturated heterocycles. The fourth-order valence-electron chi connectivity index (χ4n) is 1.67. The first-order chi connectivity index (χ1) is 8.09. The minimum absolute atomic E-state index is 0.295. The fourth-order valence-corrected chi connectivity index (χ4v) is 1.81. The summed E-state index contributed by atoms with van der Waals surface area (Å²) < 4.78 is 15.2. The van der Waals surface area contributed by atoms with Gasteiger partial charge in [0.1, 0.15) is 5.82 Å². The molecule has 0 amide bonds. The lowest BCUT2D eigenvalue weighted by Gasteiger charge is -2.14. The van der Waals surface area contributed by atoms with E-state index in [1.165, 1.54) is 6.07 Å². The molecule has 2 aromatic rings. The molecule has 0 fully saturated rings. The molecule has 1 atom stereocenters. The van der Waals surface area contributed by atoms with Gasteiger partial charge >= 0.3 is 0 Å². The van der Waals surface area contributed by atoms with Crippen LogP contribution in [-0.2, 0) is 6.54 Å². The second-order valence-corrected chi connectivity index (χ2v) is 4.30. The van der Waals surface area contributed by atoms with Crippen molar-refractivity contribution in [2.45, 2.75) is 19.5 Å². The van der Waals surface area contributed by atoms with Gasteiger partial charge in [0.05, 0.1) is 29.5 Å². The molecule has 0 aliphatic rings. The molecule has 90 valence electrons. The summed E-state index contributed by atoms with van der Waals surface area (Å²) in [5.74, 6) is -0.295. The molecule has 1 unspecified atom stereocenters. The van der Waals surface area contributed by atoms with E-state index < -0.39 is 6.04 Å². The molecule has 3 nitrogen and oxygen atoms in total. The van der Waals surface area contributed by atoms with Gasteiger partial charge in [0, 0.05) is 5.56 Å². The number of benzene rings is 1. The average molecular weight is 254 g/mol. The molecule has 0 spiro atoms. The van der Waals surface area contributed by atoms with Crippen LogP contribution < -0.4 is 5.73 Å². The van der Waals surface area contributed by atoms with Gasteiger partial charge in [-0.1, -0.05) is 29.8 Å². The summed E-state index contributed by atoms with van der Waals surface area (Å²) in [7, 11) is 0. The fraction of sp³-hybridized carbons (Fsp3) is 0.250. The van der Waals surface area contributed by atoms with E-state index in [9.17, 15) is 4.39 Å². The Labute approximate surface area is 104 Å². The van der Waals surface area contributed by atoms with Crippen molar-refractivity contribution < 1.29 is 4.39 Å². The molecule has 2 N–H and O–H groups in total. The SMILES string of the molecule is Cc1c(Cl)cnn1CC(N)c1ccccc1F. The number of aromatic nitrogens is 2. The maximum Gasteiger partial charge on any atom is 0.128 e. The highest BCUT2D eigenvalue weighted by molar-refractivity contribution is 6.31. The van der Waals surface area contributed by atoms with Gasteiger partial charge in [-0.05, 0) is 13.0 Å². The zero-order valence-electron chi connectivity index (χ0n) is 9.40. The minimum atomic E-state index is -0.439. The zero-order valence-corrected chi connectivity index (χ0v) is 10.2. The molecule has 0 bridgehead atoms. The zero-order chi connectivity index (χ0) is 12.4. The summed E-state index contributed by atoms with van der Waals surface area (Å²) in [6.45, 7) is 2.25. The van der Waals surface area contributed by atoms with Crippen molar-refractivity contribution in [1.82, 2.24) is 9.78 Å². The van der Waals surface area contributed by atoms with Crippen LogP contribution in [-0.4, -0.2) is 9.78 Å². The summed E-state index contributed by atoms with van der Waals surface area (Å²) in [6.07, 6.45) is 1.56. The molecule has 0 radical (unpaired) electrons. The summed E-state index contributed by atoms with van der Waals surface area (Å²) in [5, 5.41) is 4.68. The highest BCUT2D eigenvalue weighted by Gasteiger charge is 2.13. The lowest BCUT2D eigenvalue weighted by molar-refractivity contribution is 0.494. The number of rotatable bonds is 3. The van der Waals surface area contributed by atoms with Crippen LogP contribution in [0.15, 0.2) is 30.5 Å². The Morgan fingerprint density at radius 3 is 2.76 bits per heavy atom. The molecule has 1 aromatic carbocycles. The van der Waals surface area contributed by atoms with Crippen molar-refractivity contribution in [3.05, 3.63) is 52.6 Å². The van der Waals surface area contributed by atoms with Crippen molar-refractivity contribution in [1.29, 1.82) is 0 Å². The third-order valence-corrected chi connectivity index (χ3v) is 3.09. The monoisotopic (exact) mass is 253 g/mol. The predicted octanol–water partition coefficient (Wildman–Crippen LogP) is 2.68. The van der Waals surface area contributed by atoms with Gasteiger partial charge in [-0.25, -0.2) is 4.39 Å². The number of nitrogens with two attached hydrogens (primary N) is 1. The first kappa shape index (κ1) is 12.1. The Morgan fingerprint density at radius 1 is 1.47 bits per heavy atom. The van der Waals surface area contributed by atoms with Crippen molar-refractivity contribution in [2.75, 3.05) is 0 Å². The van der Waals surface area contributed by atoms with Gasteiger partial charge < -0.3 is 5.73 Å². The predicted molar refractivity (Wildman–Crippen MR) is 65.3 cm³/mol. The van der Waals surface area contributed by atoms with Gasteiger partial charge in [0.25, 0.3) is 0 Å². The molecular formula is C12H13ClFN3. The summed E-state index contributed by atoms with van der Waals surface area (Å²) >= 11 is 5.89. The third-order valence-electron chi connectivity index (χ3n) is 2.72. The molecule has 0 aliphatic carbocycles. The molecular weight excluding hydrogens is 241 g/mol. The Hall–Kier alpha value is -1.39. The second kappa shape index (κ2) is 4.85. The van der Waals surface area contributed by atoms with Crippen LogP contribution in [0.2, 0.25) is 5.02 Å². The van der Waals surface area contributed by atoms with E-state index in [0.717, 1.165) is 5.69 Å².